The predicted molar refractivity (Wildman–Crippen MR) is 73.6 cm³/mol. The summed E-state index contributed by atoms with van der Waals surface area (Å²) >= 11 is 0. The van der Waals surface area contributed by atoms with Gasteiger partial charge in [-0.3, -0.25) is 4.79 Å². The van der Waals surface area contributed by atoms with Crippen molar-refractivity contribution >= 4 is 5.91 Å². The van der Waals surface area contributed by atoms with Gasteiger partial charge < -0.3 is 15.0 Å². The number of carbonyl (C=O) groups is 1. The Morgan fingerprint density at radius 3 is 2.56 bits per heavy atom. The molecule has 0 aromatic rings. The number of hydrogen-bond acceptors (Lipinski definition) is 3. The summed E-state index contributed by atoms with van der Waals surface area (Å²) in [5.74, 6) is 0.916. The maximum atomic E-state index is 11.2. The molecule has 0 unspecified atom stereocenters. The van der Waals surface area contributed by atoms with Gasteiger partial charge in [0.2, 0.25) is 5.91 Å². The smallest absolute Gasteiger partial charge is 0.219 e. The molecule has 0 radical (unpaired) electrons. The Kier molecular flexibility index (Phi) is 7.28. The number of carbonyl (C=O) groups excluding carboxylic acids is 1. The Morgan fingerprint density at radius 2 is 2.00 bits per heavy atom. The van der Waals surface area contributed by atoms with Gasteiger partial charge in [0, 0.05) is 39.2 Å². The average molecular weight is 256 g/mol. The Labute approximate surface area is 111 Å². The van der Waals surface area contributed by atoms with Crippen molar-refractivity contribution in [2.24, 2.45) is 5.92 Å². The van der Waals surface area contributed by atoms with E-state index in [1.807, 2.05) is 4.90 Å². The van der Waals surface area contributed by atoms with E-state index in [-0.39, 0.29) is 5.91 Å². The van der Waals surface area contributed by atoms with Crippen molar-refractivity contribution in [3.8, 4) is 0 Å². The highest BCUT2D eigenvalue weighted by molar-refractivity contribution is 5.73. The predicted octanol–water partition coefficient (Wildman–Crippen LogP) is 1.65. The molecule has 1 aliphatic heterocycles. The molecular weight excluding hydrogens is 228 g/mol. The Morgan fingerprint density at radius 1 is 1.33 bits per heavy atom. The number of rotatable bonds is 7. The summed E-state index contributed by atoms with van der Waals surface area (Å²) in [6.45, 7) is 10.4. The molecule has 0 bridgehead atoms. The Balaban J connectivity index is 1.96. The van der Waals surface area contributed by atoms with Gasteiger partial charge in [-0.1, -0.05) is 13.8 Å². The van der Waals surface area contributed by atoms with Crippen LogP contribution in [0, 0.1) is 5.92 Å². The number of nitrogens with zero attached hydrogens (tertiary/aromatic N) is 1. The molecule has 4 heteroatoms. The molecule has 1 N–H and O–H groups in total. The molecule has 0 aromatic carbocycles. The van der Waals surface area contributed by atoms with Crippen LogP contribution in [0.15, 0.2) is 0 Å². The lowest BCUT2D eigenvalue weighted by Gasteiger charge is -2.31. The third-order valence-corrected chi connectivity index (χ3v) is 3.46. The number of amides is 1. The van der Waals surface area contributed by atoms with E-state index in [1.165, 1.54) is 0 Å². The lowest BCUT2D eigenvalue weighted by Crippen LogP contribution is -2.44. The summed E-state index contributed by atoms with van der Waals surface area (Å²) in [5, 5.41) is 3.51. The molecule has 1 heterocycles. The number of ether oxygens (including phenoxy) is 1. The molecule has 0 aliphatic carbocycles. The van der Waals surface area contributed by atoms with Crippen molar-refractivity contribution in [3.05, 3.63) is 0 Å². The van der Waals surface area contributed by atoms with Crippen LogP contribution < -0.4 is 5.32 Å². The number of nitrogens with one attached hydrogen (secondary N) is 1. The first kappa shape index (κ1) is 15.4. The fourth-order valence-electron chi connectivity index (χ4n) is 2.15. The molecule has 1 rings (SSSR count). The zero-order chi connectivity index (χ0) is 13.4. The van der Waals surface area contributed by atoms with Crippen LogP contribution in [-0.4, -0.2) is 49.7 Å². The van der Waals surface area contributed by atoms with Crippen molar-refractivity contribution in [1.29, 1.82) is 0 Å². The maximum Gasteiger partial charge on any atom is 0.219 e. The molecular formula is C14H28N2O2. The first-order chi connectivity index (χ1) is 8.59. The monoisotopic (exact) mass is 256 g/mol. The van der Waals surface area contributed by atoms with Gasteiger partial charge in [0.25, 0.3) is 0 Å². The fourth-order valence-corrected chi connectivity index (χ4v) is 2.15. The fraction of sp³-hybridized carbons (Fsp3) is 0.929. The number of hydrogen-bond donors (Lipinski definition) is 1. The highest BCUT2D eigenvalue weighted by Crippen LogP contribution is 2.09. The summed E-state index contributed by atoms with van der Waals surface area (Å²) in [5.41, 5.74) is 0. The van der Waals surface area contributed by atoms with Gasteiger partial charge >= 0.3 is 0 Å². The van der Waals surface area contributed by atoms with E-state index in [2.05, 4.69) is 19.2 Å². The zero-order valence-corrected chi connectivity index (χ0v) is 12.1. The Hall–Kier alpha value is -0.610. The second-order valence-electron chi connectivity index (χ2n) is 5.53. The molecule has 1 aliphatic rings. The molecule has 0 saturated carbocycles. The van der Waals surface area contributed by atoms with Gasteiger partial charge in [-0.2, -0.15) is 0 Å². The number of piperidine rings is 1. The van der Waals surface area contributed by atoms with Crippen LogP contribution in [0.1, 0.15) is 40.0 Å². The minimum atomic E-state index is 0.200. The summed E-state index contributed by atoms with van der Waals surface area (Å²) < 4.78 is 5.57. The third-order valence-electron chi connectivity index (χ3n) is 3.46. The molecule has 18 heavy (non-hydrogen) atoms. The molecule has 106 valence electrons. The van der Waals surface area contributed by atoms with Gasteiger partial charge in [-0.05, 0) is 25.2 Å². The standard InChI is InChI=1S/C14H28N2O2/c1-12(2)6-10-18-11-7-15-14-4-8-16(9-5-14)13(3)17/h12,14-15H,4-11H2,1-3H3. The van der Waals surface area contributed by atoms with Crippen LogP contribution in [0.4, 0.5) is 0 Å². The largest absolute Gasteiger partial charge is 0.380 e. The molecule has 0 aromatic heterocycles. The quantitative estimate of drug-likeness (QED) is 0.704. The Bertz CT molecular complexity index is 236. The van der Waals surface area contributed by atoms with Crippen LogP contribution in [0.3, 0.4) is 0 Å². The molecule has 0 spiro atoms. The molecule has 4 nitrogen and oxygen atoms in total. The minimum absolute atomic E-state index is 0.200. The van der Waals surface area contributed by atoms with Crippen LogP contribution in [0.5, 0.6) is 0 Å². The summed E-state index contributed by atoms with van der Waals surface area (Å²) in [4.78, 5) is 13.1. The highest BCUT2D eigenvalue weighted by Gasteiger charge is 2.19. The van der Waals surface area contributed by atoms with Crippen LogP contribution in [-0.2, 0) is 9.53 Å². The summed E-state index contributed by atoms with van der Waals surface area (Å²) in [7, 11) is 0. The minimum Gasteiger partial charge on any atom is -0.380 e. The molecule has 1 saturated heterocycles. The SMILES string of the molecule is CC(=O)N1CCC(NCCOCCC(C)C)CC1. The van der Waals surface area contributed by atoms with E-state index >= 15 is 0 Å². The van der Waals surface area contributed by atoms with Crippen molar-refractivity contribution < 1.29 is 9.53 Å². The molecule has 1 fully saturated rings. The zero-order valence-electron chi connectivity index (χ0n) is 12.1. The third kappa shape index (κ3) is 6.36. The van der Waals surface area contributed by atoms with E-state index in [4.69, 9.17) is 4.74 Å². The van der Waals surface area contributed by atoms with Crippen molar-refractivity contribution in [1.82, 2.24) is 10.2 Å². The number of likely N-dealkylation sites (tertiary alicyclic amines) is 1. The summed E-state index contributed by atoms with van der Waals surface area (Å²) in [6.07, 6.45) is 3.26. The van der Waals surface area contributed by atoms with Gasteiger partial charge in [0.1, 0.15) is 0 Å². The maximum absolute atomic E-state index is 11.2. The van der Waals surface area contributed by atoms with Gasteiger partial charge in [0.05, 0.1) is 6.61 Å². The summed E-state index contributed by atoms with van der Waals surface area (Å²) in [6, 6.07) is 0.550. The van der Waals surface area contributed by atoms with Crippen molar-refractivity contribution in [2.75, 3.05) is 32.8 Å². The van der Waals surface area contributed by atoms with Crippen molar-refractivity contribution in [3.63, 3.8) is 0 Å². The van der Waals surface area contributed by atoms with E-state index in [0.29, 0.717) is 12.0 Å². The second kappa shape index (κ2) is 8.48. The lowest BCUT2D eigenvalue weighted by atomic mass is 10.1. The first-order valence-corrected chi connectivity index (χ1v) is 7.16. The topological polar surface area (TPSA) is 41.6 Å². The van der Waals surface area contributed by atoms with Gasteiger partial charge in [0.15, 0.2) is 0 Å². The van der Waals surface area contributed by atoms with E-state index in [0.717, 1.165) is 52.1 Å². The van der Waals surface area contributed by atoms with E-state index in [9.17, 15) is 4.79 Å². The van der Waals surface area contributed by atoms with Crippen LogP contribution in [0.25, 0.3) is 0 Å². The van der Waals surface area contributed by atoms with Gasteiger partial charge in [-0.25, -0.2) is 0 Å². The first-order valence-electron chi connectivity index (χ1n) is 7.16. The average Bonchev–Trinajstić information content (AvgIpc) is 2.34. The molecule has 0 atom stereocenters. The van der Waals surface area contributed by atoms with E-state index in [1.54, 1.807) is 6.92 Å². The normalized spacial score (nSPS) is 17.4. The second-order valence-corrected chi connectivity index (χ2v) is 5.53. The van der Waals surface area contributed by atoms with Gasteiger partial charge in [-0.15, -0.1) is 0 Å². The van der Waals surface area contributed by atoms with Crippen molar-refractivity contribution in [2.45, 2.75) is 46.1 Å². The lowest BCUT2D eigenvalue weighted by molar-refractivity contribution is -0.129. The highest BCUT2D eigenvalue weighted by atomic mass is 16.5. The molecule has 1 amide bonds. The van der Waals surface area contributed by atoms with E-state index < -0.39 is 0 Å². The van der Waals surface area contributed by atoms with Crippen LogP contribution in [0.2, 0.25) is 0 Å². The van der Waals surface area contributed by atoms with Crippen LogP contribution >= 0.6 is 0 Å².